The number of carbonyl (C=O) groups is 1. The molecule has 1 aliphatic carbocycles. The number of anilines is 1. The number of carbonyl (C=O) groups excluding carboxylic acids is 1. The van der Waals surface area contributed by atoms with Crippen LogP contribution in [0.5, 0.6) is 0 Å². The van der Waals surface area contributed by atoms with Crippen LogP contribution < -0.4 is 10.6 Å². The van der Waals surface area contributed by atoms with Crippen molar-refractivity contribution >= 4 is 23.4 Å². The molecule has 0 spiro atoms. The fourth-order valence-electron chi connectivity index (χ4n) is 5.35. The number of benzene rings is 1. The second-order valence-corrected chi connectivity index (χ2v) is 9.01. The summed E-state index contributed by atoms with van der Waals surface area (Å²) in [6.45, 7) is 3.92. The molecule has 1 saturated carbocycles. The van der Waals surface area contributed by atoms with Crippen molar-refractivity contribution < 1.29 is 4.79 Å². The molecule has 1 unspecified atom stereocenters. The lowest BCUT2D eigenvalue weighted by Crippen LogP contribution is -2.33. The Kier molecular flexibility index (Phi) is 6.22. The highest BCUT2D eigenvalue weighted by Crippen LogP contribution is 2.33. The molecule has 29 heavy (non-hydrogen) atoms. The van der Waals surface area contributed by atoms with Crippen molar-refractivity contribution in [1.82, 2.24) is 4.90 Å². The van der Waals surface area contributed by atoms with E-state index in [1.165, 1.54) is 55.8 Å². The van der Waals surface area contributed by atoms with E-state index in [4.69, 9.17) is 11.1 Å². The quantitative estimate of drug-likeness (QED) is 0.721. The van der Waals surface area contributed by atoms with Crippen molar-refractivity contribution in [3.63, 3.8) is 0 Å². The third-order valence-electron chi connectivity index (χ3n) is 7.04. The zero-order valence-electron chi connectivity index (χ0n) is 17.4. The molecule has 4 rings (SSSR count). The number of fused-ring (bicyclic) bond motifs is 1. The first-order chi connectivity index (χ1) is 14.2. The lowest BCUT2D eigenvalue weighted by atomic mass is 9.87. The lowest BCUT2D eigenvalue weighted by Gasteiger charge is -2.25. The van der Waals surface area contributed by atoms with Gasteiger partial charge in [-0.05, 0) is 60.8 Å². The van der Waals surface area contributed by atoms with Crippen LogP contribution in [0, 0.1) is 17.2 Å². The van der Waals surface area contributed by atoms with Crippen LogP contribution in [0.2, 0.25) is 0 Å². The Balaban J connectivity index is 1.32. The van der Waals surface area contributed by atoms with Gasteiger partial charge in [-0.1, -0.05) is 25.3 Å². The van der Waals surface area contributed by atoms with Crippen LogP contribution in [0.4, 0.5) is 5.69 Å². The molecule has 0 radical (unpaired) electrons. The minimum absolute atomic E-state index is 0.388. The van der Waals surface area contributed by atoms with E-state index in [0.29, 0.717) is 17.7 Å². The lowest BCUT2D eigenvalue weighted by molar-refractivity contribution is -0.131. The number of nitrogens with zero attached hydrogens (tertiary/aromatic N) is 2. The van der Waals surface area contributed by atoms with E-state index in [1.54, 1.807) is 0 Å². The number of nitrogens with two attached hydrogens (primary N) is 1. The Hall–Kier alpha value is -2.30. The maximum absolute atomic E-state index is 12.7. The highest BCUT2D eigenvalue weighted by molar-refractivity contribution is 6.08. The van der Waals surface area contributed by atoms with E-state index < -0.39 is 0 Å². The molecule has 1 saturated heterocycles. The molecule has 0 aromatic heterocycles. The van der Waals surface area contributed by atoms with Crippen LogP contribution in [0.25, 0.3) is 5.57 Å². The van der Waals surface area contributed by atoms with Gasteiger partial charge in [0.15, 0.2) is 0 Å². The number of nitrogens with one attached hydrogen (secondary N) is 1. The molecule has 2 heterocycles. The predicted molar refractivity (Wildman–Crippen MR) is 119 cm³/mol. The summed E-state index contributed by atoms with van der Waals surface area (Å²) in [5.74, 6) is 1.58. The van der Waals surface area contributed by atoms with Crippen molar-refractivity contribution in [2.75, 3.05) is 31.1 Å². The second-order valence-electron chi connectivity index (χ2n) is 9.01. The van der Waals surface area contributed by atoms with E-state index in [1.807, 2.05) is 0 Å². The molecular weight excluding hydrogens is 360 g/mol. The molecule has 0 bridgehead atoms. The van der Waals surface area contributed by atoms with Crippen LogP contribution in [-0.2, 0) is 11.2 Å². The Labute approximate surface area is 174 Å². The van der Waals surface area contributed by atoms with Crippen LogP contribution in [0.1, 0.15) is 56.1 Å². The summed E-state index contributed by atoms with van der Waals surface area (Å²) >= 11 is 0. The molecule has 2 fully saturated rings. The van der Waals surface area contributed by atoms with Gasteiger partial charge in [-0.15, -0.1) is 0 Å². The number of allylic oxidation sites excluding steroid dienone is 1. The van der Waals surface area contributed by atoms with Crippen LogP contribution >= 0.6 is 0 Å². The van der Waals surface area contributed by atoms with Gasteiger partial charge in [0.05, 0.1) is 0 Å². The number of rotatable bonds is 6. The van der Waals surface area contributed by atoms with E-state index in [0.717, 1.165) is 56.6 Å². The van der Waals surface area contributed by atoms with Gasteiger partial charge >= 0.3 is 0 Å². The van der Waals surface area contributed by atoms with Crippen molar-refractivity contribution in [2.45, 2.75) is 51.4 Å². The Bertz CT molecular complexity index is 781. The van der Waals surface area contributed by atoms with Crippen molar-refractivity contribution in [2.24, 2.45) is 17.6 Å². The van der Waals surface area contributed by atoms with Crippen LogP contribution in [0.3, 0.4) is 0 Å². The van der Waals surface area contributed by atoms with E-state index in [-0.39, 0.29) is 0 Å². The summed E-state index contributed by atoms with van der Waals surface area (Å²) in [5.41, 5.74) is 10.1. The largest absolute Gasteiger partial charge is 0.404 e. The first-order valence-electron chi connectivity index (χ1n) is 11.3. The average molecular weight is 395 g/mol. The molecule has 1 aromatic carbocycles. The minimum Gasteiger partial charge on any atom is -0.404 e. The smallest absolute Gasteiger partial charge is 0.222 e. The first kappa shape index (κ1) is 20.0. The van der Waals surface area contributed by atoms with E-state index in [2.05, 4.69) is 28.0 Å². The molecule has 2 aliphatic heterocycles. The maximum Gasteiger partial charge on any atom is 0.222 e. The van der Waals surface area contributed by atoms with Gasteiger partial charge in [-0.25, -0.2) is 0 Å². The normalized spacial score (nSPS) is 22.8. The van der Waals surface area contributed by atoms with Gasteiger partial charge in [0.25, 0.3) is 0 Å². The summed E-state index contributed by atoms with van der Waals surface area (Å²) in [6.07, 6.45) is 12.2. The maximum atomic E-state index is 12.7. The molecule has 1 amide bonds. The predicted octanol–water partition coefficient (Wildman–Crippen LogP) is 3.82. The summed E-state index contributed by atoms with van der Waals surface area (Å²) in [7, 11) is 0. The molecule has 3 N–H and O–H groups in total. The highest BCUT2D eigenvalue weighted by Gasteiger charge is 2.30. The van der Waals surface area contributed by atoms with Crippen LogP contribution in [0.15, 0.2) is 24.4 Å². The van der Waals surface area contributed by atoms with Gasteiger partial charge in [-0.3, -0.25) is 4.79 Å². The minimum atomic E-state index is 0.388. The molecular formula is C24H34N4O. The highest BCUT2D eigenvalue weighted by atomic mass is 16.2. The zero-order valence-corrected chi connectivity index (χ0v) is 17.4. The number of amides is 1. The van der Waals surface area contributed by atoms with E-state index >= 15 is 0 Å². The Morgan fingerprint density at radius 3 is 2.72 bits per heavy atom. The standard InChI is InChI=1S/C24H34N4O/c25-14-22(15-26)20-6-7-23-21(13-20)9-11-27(23)16-19-8-10-28(17-19)24(29)12-18-4-2-1-3-5-18/h6-7,13-15,18-19,25H,1-5,8-12,16-17,26H2/b22-15+,25-14?. The molecule has 1 aromatic rings. The summed E-state index contributed by atoms with van der Waals surface area (Å²) in [4.78, 5) is 17.3. The van der Waals surface area contributed by atoms with Gasteiger partial charge in [0.2, 0.25) is 5.91 Å². The summed E-state index contributed by atoms with van der Waals surface area (Å²) in [6, 6.07) is 6.41. The Morgan fingerprint density at radius 2 is 1.97 bits per heavy atom. The molecule has 156 valence electrons. The fraction of sp³-hybridized carbons (Fsp3) is 0.583. The fourth-order valence-corrected chi connectivity index (χ4v) is 5.35. The topological polar surface area (TPSA) is 73.4 Å². The number of hydrogen-bond acceptors (Lipinski definition) is 4. The number of hydrogen-bond donors (Lipinski definition) is 2. The van der Waals surface area contributed by atoms with Crippen molar-refractivity contribution in [1.29, 1.82) is 5.41 Å². The monoisotopic (exact) mass is 394 g/mol. The van der Waals surface area contributed by atoms with Crippen molar-refractivity contribution in [3.05, 3.63) is 35.5 Å². The number of likely N-dealkylation sites (tertiary alicyclic amines) is 1. The summed E-state index contributed by atoms with van der Waals surface area (Å²) < 4.78 is 0. The Morgan fingerprint density at radius 1 is 1.14 bits per heavy atom. The SMILES string of the molecule is N=C/C(=C\N)c1ccc2c(c1)CCN2CC1CCN(C(=O)CC2CCCCC2)C1. The van der Waals surface area contributed by atoms with Gasteiger partial charge in [-0.2, -0.15) is 0 Å². The third-order valence-corrected chi connectivity index (χ3v) is 7.04. The van der Waals surface area contributed by atoms with E-state index in [9.17, 15) is 4.79 Å². The van der Waals surface area contributed by atoms with Gasteiger partial charge in [0.1, 0.15) is 0 Å². The third kappa shape index (κ3) is 4.49. The molecule has 1 atom stereocenters. The molecule has 5 heteroatoms. The zero-order chi connectivity index (χ0) is 20.2. The van der Waals surface area contributed by atoms with Gasteiger partial charge < -0.3 is 20.9 Å². The average Bonchev–Trinajstić information content (AvgIpc) is 3.37. The summed E-state index contributed by atoms with van der Waals surface area (Å²) in [5, 5.41) is 7.50. The first-order valence-corrected chi connectivity index (χ1v) is 11.3. The van der Waals surface area contributed by atoms with Crippen molar-refractivity contribution in [3.8, 4) is 0 Å². The second kappa shape index (κ2) is 9.02. The molecule has 3 aliphatic rings. The van der Waals surface area contributed by atoms with Gasteiger partial charge in [0, 0.05) is 56.3 Å². The van der Waals surface area contributed by atoms with Crippen LogP contribution in [-0.4, -0.2) is 43.2 Å². The molecule has 5 nitrogen and oxygen atoms in total.